The van der Waals surface area contributed by atoms with Crippen LogP contribution in [0.1, 0.15) is 224 Å². The first-order valence-corrected chi connectivity index (χ1v) is 40.0. The summed E-state index contributed by atoms with van der Waals surface area (Å²) in [6.07, 6.45) is 28.7. The minimum atomic E-state index is -0.375. The molecule has 0 unspecified atom stereocenters. The van der Waals surface area contributed by atoms with Crippen molar-refractivity contribution in [2.75, 3.05) is 21.1 Å². The molecule has 115 heavy (non-hydrogen) atoms. The third-order valence-electron chi connectivity index (χ3n) is 21.6. The number of rotatable bonds is 24. The van der Waals surface area contributed by atoms with Crippen LogP contribution in [-0.2, 0) is 83.8 Å². The van der Waals surface area contributed by atoms with Crippen LogP contribution >= 0.6 is 11.6 Å². The summed E-state index contributed by atoms with van der Waals surface area (Å²) in [5.41, 5.74) is 5.33. The van der Waals surface area contributed by atoms with Crippen molar-refractivity contribution in [1.29, 1.82) is 10.5 Å². The van der Waals surface area contributed by atoms with Gasteiger partial charge in [-0.1, -0.05) is 50.1 Å². The largest absolute Gasteiger partial charge is 1.00 e. The molecule has 6 aromatic heterocycles. The Morgan fingerprint density at radius 1 is 0.435 bits per heavy atom. The zero-order chi connectivity index (χ0) is 81.0. The minimum Gasteiger partial charge on any atom is -0.870 e. The monoisotopic (exact) mass is 1610 g/mol. The summed E-state index contributed by atoms with van der Waals surface area (Å²) in [5, 5.41) is 32.6. The number of carbonyl (C=O) groups is 6. The fraction of sp³-hybridized carbons (Fsp3) is 0.637. The van der Waals surface area contributed by atoms with Crippen LogP contribution < -0.4 is 33.1 Å². The molecule has 33 nitrogen and oxygen atoms in total. The summed E-state index contributed by atoms with van der Waals surface area (Å²) >= 11 is 6.46. The van der Waals surface area contributed by atoms with E-state index in [0.717, 1.165) is 135 Å². The van der Waals surface area contributed by atoms with Gasteiger partial charge in [0.2, 0.25) is 11.4 Å². The van der Waals surface area contributed by atoms with Gasteiger partial charge in [0.15, 0.2) is 5.15 Å². The van der Waals surface area contributed by atoms with Crippen molar-refractivity contribution in [3.05, 3.63) is 70.8 Å². The molecule has 0 bridgehead atoms. The molecule has 6 saturated carbocycles. The van der Waals surface area contributed by atoms with Gasteiger partial charge < -0.3 is 62.8 Å². The predicted octanol–water partition coefficient (Wildman–Crippen LogP) is 10.1. The number of aromatic nitrogens is 12. The molecule has 35 heteroatoms. The Balaban J connectivity index is 0.000000214. The van der Waals surface area contributed by atoms with Crippen LogP contribution in [-0.4, -0.2) is 192 Å². The van der Waals surface area contributed by atoms with E-state index in [0.29, 0.717) is 70.1 Å². The van der Waals surface area contributed by atoms with Gasteiger partial charge in [-0.15, -0.1) is 0 Å². The van der Waals surface area contributed by atoms with Crippen LogP contribution in [0.3, 0.4) is 0 Å². The number of esters is 3. The van der Waals surface area contributed by atoms with E-state index < -0.39 is 0 Å². The third kappa shape index (κ3) is 24.7. The molecule has 6 heterocycles. The fourth-order valence-electron chi connectivity index (χ4n) is 15.3. The fourth-order valence-corrected chi connectivity index (χ4v) is 15.5. The quantitative estimate of drug-likeness (QED) is 0.0309. The Bertz CT molecular complexity index is 4150. The molecule has 6 atom stereocenters. The van der Waals surface area contributed by atoms with Crippen LogP contribution in [0.2, 0.25) is 5.15 Å². The Morgan fingerprint density at radius 2 is 0.713 bits per heavy atom. The number of ether oxygens (including phenoxy) is 9. The van der Waals surface area contributed by atoms with E-state index in [1.807, 2.05) is 41.5 Å². The first kappa shape index (κ1) is 90.8. The topological polar surface area (TPSA) is 404 Å². The summed E-state index contributed by atoms with van der Waals surface area (Å²) in [6.45, 7) is 11.1. The number of nitrogens with zero attached hydrogens (tertiary/aromatic N) is 17. The van der Waals surface area contributed by atoms with Crippen molar-refractivity contribution < 1.29 is 95.7 Å². The molecule has 0 aliphatic heterocycles. The Labute approximate surface area is 689 Å². The summed E-state index contributed by atoms with van der Waals surface area (Å²) in [7, 11) is 10.6. The van der Waals surface area contributed by atoms with Crippen LogP contribution in [0.5, 0.6) is 17.6 Å². The third-order valence-corrected chi connectivity index (χ3v) is 21.9. The van der Waals surface area contributed by atoms with E-state index in [1.165, 1.54) is 12.4 Å². The van der Waals surface area contributed by atoms with Gasteiger partial charge in [-0.25, -0.2) is 44.3 Å². The van der Waals surface area contributed by atoms with Gasteiger partial charge in [-0.3, -0.25) is 28.4 Å². The van der Waals surface area contributed by atoms with Gasteiger partial charge in [0.05, 0.1) is 107 Å². The van der Waals surface area contributed by atoms with Gasteiger partial charge >= 0.3 is 55.0 Å². The molecule has 0 spiro atoms. The van der Waals surface area contributed by atoms with Crippen LogP contribution in [0.25, 0.3) is 33.8 Å². The average Bonchev–Trinajstić information content (AvgIpc) is 1.70. The number of halogens is 1. The van der Waals surface area contributed by atoms with Crippen LogP contribution in [0, 0.1) is 40.4 Å². The molecule has 0 saturated heterocycles. The molecule has 0 aromatic carbocycles. The molecule has 12 rings (SSSR count). The van der Waals surface area contributed by atoms with E-state index in [1.54, 1.807) is 95.8 Å². The maximum absolute atomic E-state index is 12.6. The Hall–Kier alpha value is -9.68. The first-order chi connectivity index (χ1) is 54.2. The molecular formula is C80H109ClLiN17O16. The minimum absolute atomic E-state index is 0. The number of nitriles is 2. The van der Waals surface area contributed by atoms with E-state index in [2.05, 4.69) is 57.3 Å². The second-order valence-electron chi connectivity index (χ2n) is 30.9. The zero-order valence-electron chi connectivity index (χ0n) is 68.5. The summed E-state index contributed by atoms with van der Waals surface area (Å²) < 4.78 is 55.9. The molecule has 6 fully saturated rings. The normalized spacial score (nSPS) is 19.5. The molecule has 618 valence electrons. The van der Waals surface area contributed by atoms with Crippen LogP contribution in [0.15, 0.2) is 37.2 Å². The Kier molecular flexibility index (Phi) is 34.2. The molecular weight excluding hydrogens is 1500 g/mol. The average molecular weight is 1610 g/mol. The zero-order valence-corrected chi connectivity index (χ0v) is 69.3. The molecule has 6 aromatic rings. The van der Waals surface area contributed by atoms with Gasteiger partial charge in [0.25, 0.3) is 17.6 Å². The van der Waals surface area contributed by atoms with E-state index in [4.69, 9.17) is 54.2 Å². The summed E-state index contributed by atoms with van der Waals surface area (Å²) in [6, 6.07) is 4.80. The number of carbonyl (C=O) groups excluding carboxylic acids is 6. The van der Waals surface area contributed by atoms with Crippen molar-refractivity contribution in [1.82, 2.24) is 73.9 Å². The van der Waals surface area contributed by atoms with Crippen LogP contribution in [0.4, 0.5) is 14.4 Å². The number of aryl methyl sites for hydroxylation is 3. The number of amides is 3. The SMILES string of the molecule is CC(C)OC(=O)[C@H]1CCC[C@H](Oc2ncc(-c3cnn(C)c3COC(=O)N(C)C3CCCC3)nc2C#N)C1.CC(C)OC(=O)[C@H]1CCC[C@H](Oc2ncc(-c3cnn(C)c3COC(=O)N(C)C3CCCC3)nc2C#N)C1.CC(C)OC(=O)[C@H]1CCC[C@H](Oc2ncc(-c3cnn(C)c3COC(=O)N(C)C3CCCC3)nc2Cl)C1.[Li+].[OH-]. The molecule has 0 radical (unpaired) electrons. The summed E-state index contributed by atoms with van der Waals surface area (Å²) in [4.78, 5) is 106. The van der Waals surface area contributed by atoms with E-state index >= 15 is 0 Å². The molecule has 1 N–H and O–H groups in total. The summed E-state index contributed by atoms with van der Waals surface area (Å²) in [5.74, 6) is -0.782. The van der Waals surface area contributed by atoms with Crippen molar-refractivity contribution in [2.24, 2.45) is 38.9 Å². The standard InChI is InChI=1S/2C27H36N6O5.C26H36ClN5O5.Li.H2O/c2*1-17(2)37-26(34)18-8-7-11-20(12-18)38-25-22(13-28)31-23(15-29-25)21-14-30-33(4)24(21)16-36-27(35)32(3)19-9-5-6-10-19;1-16(2)36-25(33)17-8-7-11-19(12-17)37-24-23(27)30-21(14-28-24)20-13-29-32(4)22(20)15-35-26(34)31(3)18-9-5-6-10-18;;/h2*14-15,17-20H,5-12,16H2,1-4H3;13-14,16-19H,5-12,15H2,1-4H3;;1H2/q;;;+1;/p-1/t2*18-,20-;17-,19-;;/m000../s1. The van der Waals surface area contributed by atoms with Crippen molar-refractivity contribution in [3.8, 4) is 63.6 Å². The predicted molar refractivity (Wildman–Crippen MR) is 412 cm³/mol. The van der Waals surface area contributed by atoms with Gasteiger partial charge in [-0.05, 0) is 157 Å². The first-order valence-electron chi connectivity index (χ1n) is 39.7. The maximum atomic E-state index is 12.6. The molecule has 6 aliphatic rings. The second-order valence-corrected chi connectivity index (χ2v) is 31.2. The Morgan fingerprint density at radius 3 is 0.991 bits per heavy atom. The smallest absolute Gasteiger partial charge is 0.870 e. The van der Waals surface area contributed by atoms with Crippen molar-refractivity contribution >= 4 is 47.8 Å². The van der Waals surface area contributed by atoms with E-state index in [9.17, 15) is 39.3 Å². The second kappa shape index (κ2) is 43.3. The number of hydrogen-bond donors (Lipinski definition) is 0. The van der Waals surface area contributed by atoms with E-state index in [-0.39, 0.29) is 187 Å². The van der Waals surface area contributed by atoms with Crippen molar-refractivity contribution in [2.45, 2.75) is 270 Å². The van der Waals surface area contributed by atoms with Gasteiger partial charge in [0.1, 0.15) is 50.3 Å². The van der Waals surface area contributed by atoms with Gasteiger partial charge in [-0.2, -0.15) is 25.8 Å². The molecule has 6 aliphatic carbocycles. The van der Waals surface area contributed by atoms with Gasteiger partial charge in [0, 0.05) is 77.1 Å². The van der Waals surface area contributed by atoms with Crippen molar-refractivity contribution in [3.63, 3.8) is 0 Å². The maximum Gasteiger partial charge on any atom is 1.00 e. The molecule has 3 amide bonds. The number of hydrogen-bond acceptors (Lipinski definition) is 27.